The predicted molar refractivity (Wildman–Crippen MR) is 87.6 cm³/mol. The number of hydrogen-bond acceptors (Lipinski definition) is 3. The fraction of sp³-hybridized carbons (Fsp3) is 0.222. The van der Waals surface area contributed by atoms with Gasteiger partial charge in [-0.1, -0.05) is 12.1 Å². The number of alkyl halides is 6. The maximum atomic E-state index is 14.5. The van der Waals surface area contributed by atoms with Crippen LogP contribution in [0.25, 0.3) is 11.3 Å². The smallest absolute Gasteiger partial charge is 0.415 e. The third-order valence-corrected chi connectivity index (χ3v) is 4.15. The molecule has 2 aromatic heterocycles. The maximum Gasteiger partial charge on any atom is 0.438 e. The van der Waals surface area contributed by atoms with Crippen LogP contribution in [0.4, 0.5) is 39.5 Å². The van der Waals surface area contributed by atoms with Gasteiger partial charge in [0.1, 0.15) is 5.69 Å². The summed E-state index contributed by atoms with van der Waals surface area (Å²) in [6, 6.07) is 2.99. The number of halogens is 9. The first-order valence-electron chi connectivity index (χ1n) is 8.22. The Morgan fingerprint density at radius 2 is 1.42 bits per heavy atom. The Kier molecular flexibility index (Phi) is 5.40. The molecule has 31 heavy (non-hydrogen) atoms. The van der Waals surface area contributed by atoms with Gasteiger partial charge in [-0.25, -0.2) is 18.4 Å². The van der Waals surface area contributed by atoms with E-state index in [1.54, 1.807) is 0 Å². The van der Waals surface area contributed by atoms with Gasteiger partial charge in [0.05, 0.1) is 5.56 Å². The molecule has 0 radical (unpaired) electrons. The molecule has 166 valence electrons. The largest absolute Gasteiger partial charge is 0.438 e. The summed E-state index contributed by atoms with van der Waals surface area (Å²) < 4.78 is 125. The topological polar surface area (TPSA) is 39.9 Å². The van der Waals surface area contributed by atoms with Crippen molar-refractivity contribution in [3.63, 3.8) is 0 Å². The minimum atomic E-state index is -5.17. The third-order valence-electron chi connectivity index (χ3n) is 4.15. The van der Waals surface area contributed by atoms with Crippen LogP contribution >= 0.6 is 0 Å². The van der Waals surface area contributed by atoms with E-state index in [2.05, 4.69) is 10.1 Å². The molecule has 0 unspecified atom stereocenters. The van der Waals surface area contributed by atoms with Gasteiger partial charge < -0.3 is 4.74 Å². The van der Waals surface area contributed by atoms with E-state index in [0.717, 1.165) is 26.1 Å². The maximum absolute atomic E-state index is 14.5. The standard InChI is InChI=1S/C18H10F9N3O/c1-7-10(19)13(8-3-5-9(6-4-8)17(22,23)24)28-15(11(7)20)31-16-12(21)14(18(25,26)27)29-30(16)2/h3-6H,1-2H3. The molecule has 0 fully saturated rings. The first-order valence-corrected chi connectivity index (χ1v) is 8.22. The van der Waals surface area contributed by atoms with Gasteiger partial charge in [0.2, 0.25) is 11.5 Å². The number of hydrogen-bond donors (Lipinski definition) is 0. The van der Waals surface area contributed by atoms with Gasteiger partial charge in [0, 0.05) is 18.2 Å². The van der Waals surface area contributed by atoms with Crippen LogP contribution in [0.1, 0.15) is 16.8 Å². The number of nitrogens with zero attached hydrogens (tertiary/aromatic N) is 3. The van der Waals surface area contributed by atoms with E-state index in [-0.39, 0.29) is 5.56 Å². The van der Waals surface area contributed by atoms with Crippen molar-refractivity contribution in [2.75, 3.05) is 0 Å². The van der Waals surface area contributed by atoms with Crippen molar-refractivity contribution in [1.29, 1.82) is 0 Å². The highest BCUT2D eigenvalue weighted by Gasteiger charge is 2.40. The number of aryl methyl sites for hydroxylation is 1. The molecule has 0 bridgehead atoms. The highest BCUT2D eigenvalue weighted by molar-refractivity contribution is 5.62. The van der Waals surface area contributed by atoms with E-state index >= 15 is 0 Å². The van der Waals surface area contributed by atoms with Gasteiger partial charge in [-0.3, -0.25) is 0 Å². The summed E-state index contributed by atoms with van der Waals surface area (Å²) in [4.78, 5) is 3.50. The molecule has 0 N–H and O–H groups in total. The molecule has 3 rings (SSSR count). The van der Waals surface area contributed by atoms with E-state index < -0.39 is 64.1 Å². The molecule has 0 aliphatic rings. The summed E-state index contributed by atoms with van der Waals surface area (Å²) in [7, 11) is 0.888. The summed E-state index contributed by atoms with van der Waals surface area (Å²) in [5.41, 5.74) is -4.52. The lowest BCUT2D eigenvalue weighted by atomic mass is 10.1. The van der Waals surface area contributed by atoms with Crippen molar-refractivity contribution >= 4 is 0 Å². The van der Waals surface area contributed by atoms with Crippen molar-refractivity contribution in [2.24, 2.45) is 7.05 Å². The number of aromatic nitrogens is 3. The highest BCUT2D eigenvalue weighted by Crippen LogP contribution is 2.38. The fourth-order valence-corrected chi connectivity index (χ4v) is 2.58. The number of ether oxygens (including phenoxy) is 1. The number of rotatable bonds is 3. The van der Waals surface area contributed by atoms with Crippen molar-refractivity contribution in [3.8, 4) is 23.0 Å². The monoisotopic (exact) mass is 455 g/mol. The Morgan fingerprint density at radius 3 is 1.90 bits per heavy atom. The summed E-state index contributed by atoms with van der Waals surface area (Å²) >= 11 is 0. The zero-order valence-electron chi connectivity index (χ0n) is 15.5. The molecule has 3 aromatic rings. The summed E-state index contributed by atoms with van der Waals surface area (Å²) in [6.45, 7) is 0.938. The Bertz CT molecular complexity index is 1130. The van der Waals surface area contributed by atoms with Crippen LogP contribution in [0, 0.1) is 24.4 Å². The number of benzene rings is 1. The molecule has 0 aliphatic heterocycles. The summed E-state index contributed by atoms with van der Waals surface area (Å²) in [6.07, 6.45) is -9.83. The second-order valence-corrected chi connectivity index (χ2v) is 6.28. The summed E-state index contributed by atoms with van der Waals surface area (Å²) in [5.74, 6) is -6.88. The molecule has 2 heterocycles. The molecule has 0 saturated carbocycles. The minimum Gasteiger partial charge on any atom is -0.415 e. The van der Waals surface area contributed by atoms with Crippen molar-refractivity contribution in [1.82, 2.24) is 14.8 Å². The Morgan fingerprint density at radius 1 is 0.839 bits per heavy atom. The SMILES string of the molecule is Cc1c(F)c(Oc2c(F)c(C(F)(F)F)nn2C)nc(-c2ccc(C(F)(F)F)cc2)c1F. The van der Waals surface area contributed by atoms with E-state index in [9.17, 15) is 39.5 Å². The van der Waals surface area contributed by atoms with Gasteiger partial charge in [-0.05, 0) is 19.1 Å². The van der Waals surface area contributed by atoms with Crippen LogP contribution in [0.15, 0.2) is 24.3 Å². The first-order chi connectivity index (χ1) is 14.2. The van der Waals surface area contributed by atoms with Crippen LogP contribution in [-0.2, 0) is 19.4 Å². The zero-order chi connectivity index (χ0) is 23.3. The Balaban J connectivity index is 2.08. The van der Waals surface area contributed by atoms with Gasteiger partial charge in [-0.2, -0.15) is 35.8 Å². The molecule has 1 aromatic carbocycles. The lowest BCUT2D eigenvalue weighted by molar-refractivity contribution is -0.143. The van der Waals surface area contributed by atoms with Gasteiger partial charge in [-0.15, -0.1) is 0 Å². The van der Waals surface area contributed by atoms with Crippen LogP contribution in [-0.4, -0.2) is 14.8 Å². The average Bonchev–Trinajstić information content (AvgIpc) is 2.96. The molecule has 4 nitrogen and oxygen atoms in total. The molecule has 13 heteroatoms. The fourth-order valence-electron chi connectivity index (χ4n) is 2.58. The quantitative estimate of drug-likeness (QED) is 0.453. The Hall–Kier alpha value is -3.25. The molecule has 0 aliphatic carbocycles. The number of pyridine rings is 1. The van der Waals surface area contributed by atoms with Crippen molar-refractivity contribution in [2.45, 2.75) is 19.3 Å². The predicted octanol–water partition coefficient (Wildman–Crippen LogP) is 6.04. The van der Waals surface area contributed by atoms with Gasteiger partial charge in [0.25, 0.3) is 11.8 Å². The van der Waals surface area contributed by atoms with Crippen LogP contribution < -0.4 is 4.74 Å². The third kappa shape index (κ3) is 4.16. The zero-order valence-corrected chi connectivity index (χ0v) is 15.5. The second kappa shape index (κ2) is 7.46. The molecular formula is C18H10F9N3O. The normalized spacial score (nSPS) is 12.4. The van der Waals surface area contributed by atoms with E-state index in [0.29, 0.717) is 16.8 Å². The van der Waals surface area contributed by atoms with Crippen LogP contribution in [0.2, 0.25) is 0 Å². The van der Waals surface area contributed by atoms with E-state index in [1.807, 2.05) is 0 Å². The molecule has 0 amide bonds. The minimum absolute atomic E-state index is 0.208. The van der Waals surface area contributed by atoms with E-state index in [4.69, 9.17) is 4.74 Å². The van der Waals surface area contributed by atoms with Gasteiger partial charge in [0.15, 0.2) is 11.6 Å². The lowest BCUT2D eigenvalue weighted by Gasteiger charge is -2.12. The van der Waals surface area contributed by atoms with E-state index in [1.165, 1.54) is 0 Å². The average molecular weight is 455 g/mol. The van der Waals surface area contributed by atoms with Crippen LogP contribution in [0.3, 0.4) is 0 Å². The lowest BCUT2D eigenvalue weighted by Crippen LogP contribution is -2.08. The molecule has 0 saturated heterocycles. The Labute approximate surface area is 167 Å². The molecule has 0 atom stereocenters. The first kappa shape index (κ1) is 22.4. The van der Waals surface area contributed by atoms with Gasteiger partial charge >= 0.3 is 12.4 Å². The molecular weight excluding hydrogens is 445 g/mol. The van der Waals surface area contributed by atoms with Crippen molar-refractivity contribution < 1.29 is 44.3 Å². The summed E-state index contributed by atoms with van der Waals surface area (Å²) in [5, 5.41) is 2.92. The molecule has 0 spiro atoms. The second-order valence-electron chi connectivity index (χ2n) is 6.28. The highest BCUT2D eigenvalue weighted by atomic mass is 19.4. The van der Waals surface area contributed by atoms with Crippen LogP contribution in [0.5, 0.6) is 11.8 Å². The van der Waals surface area contributed by atoms with Crippen molar-refractivity contribution in [3.05, 3.63) is 58.5 Å².